The number of hydrogen-bond donors (Lipinski definition) is 1. The number of para-hydroxylation sites is 1. The normalized spacial score (nSPS) is 15.3. The van der Waals surface area contributed by atoms with Crippen molar-refractivity contribution in [1.29, 1.82) is 0 Å². The second-order valence-electron chi connectivity index (χ2n) is 7.04. The van der Waals surface area contributed by atoms with Gasteiger partial charge in [-0.1, -0.05) is 30.3 Å². The third-order valence-corrected chi connectivity index (χ3v) is 5.27. The van der Waals surface area contributed by atoms with E-state index >= 15 is 0 Å². The highest BCUT2D eigenvalue weighted by molar-refractivity contribution is 6.10. The molecule has 1 aromatic heterocycles. The quantitative estimate of drug-likeness (QED) is 0.643. The number of rotatable bonds is 7. The molecule has 4 heteroatoms. The average Bonchev–Trinajstić information content (AvgIpc) is 3.44. The van der Waals surface area contributed by atoms with Crippen LogP contribution < -0.4 is 4.74 Å². The maximum atomic E-state index is 13.2. The number of methoxy groups -OCH3 is 1. The monoisotopic (exact) mass is 348 g/mol. The van der Waals surface area contributed by atoms with Crippen LogP contribution in [0.5, 0.6) is 5.75 Å². The molecule has 1 fully saturated rings. The molecular formula is C22H24N2O2. The Labute approximate surface area is 153 Å². The number of ketones is 1. The number of benzene rings is 2. The predicted octanol–water partition coefficient (Wildman–Crippen LogP) is 4.41. The van der Waals surface area contributed by atoms with E-state index in [1.54, 1.807) is 7.11 Å². The van der Waals surface area contributed by atoms with E-state index < -0.39 is 0 Å². The third kappa shape index (κ3) is 3.25. The Balaban J connectivity index is 1.56. The Kier molecular flexibility index (Phi) is 4.51. The Morgan fingerprint density at radius 2 is 1.92 bits per heavy atom. The maximum Gasteiger partial charge on any atom is 0.181 e. The van der Waals surface area contributed by atoms with Crippen molar-refractivity contribution >= 4 is 16.7 Å². The number of fused-ring (bicyclic) bond motifs is 1. The van der Waals surface area contributed by atoms with Gasteiger partial charge in [-0.2, -0.15) is 0 Å². The van der Waals surface area contributed by atoms with Gasteiger partial charge in [0.05, 0.1) is 13.2 Å². The van der Waals surface area contributed by atoms with Crippen LogP contribution >= 0.6 is 0 Å². The van der Waals surface area contributed by atoms with Gasteiger partial charge in [0, 0.05) is 35.2 Å². The van der Waals surface area contributed by atoms with Crippen LogP contribution in [-0.4, -0.2) is 34.9 Å². The summed E-state index contributed by atoms with van der Waals surface area (Å²) >= 11 is 0. The van der Waals surface area contributed by atoms with E-state index in [0.29, 0.717) is 6.04 Å². The summed E-state index contributed by atoms with van der Waals surface area (Å²) in [7, 11) is 1.67. The summed E-state index contributed by atoms with van der Waals surface area (Å²) < 4.78 is 5.24. The van der Waals surface area contributed by atoms with Crippen LogP contribution in [0.15, 0.2) is 54.7 Å². The van der Waals surface area contributed by atoms with Crippen molar-refractivity contribution in [3.63, 3.8) is 0 Å². The van der Waals surface area contributed by atoms with Crippen LogP contribution in [0.4, 0.5) is 0 Å². The van der Waals surface area contributed by atoms with Gasteiger partial charge in [0.1, 0.15) is 5.75 Å². The van der Waals surface area contributed by atoms with Gasteiger partial charge in [0.2, 0.25) is 0 Å². The molecule has 1 atom stereocenters. The van der Waals surface area contributed by atoms with Gasteiger partial charge >= 0.3 is 0 Å². The molecular weight excluding hydrogens is 324 g/mol. The van der Waals surface area contributed by atoms with Crippen LogP contribution in [0.25, 0.3) is 10.9 Å². The first-order valence-corrected chi connectivity index (χ1v) is 9.16. The van der Waals surface area contributed by atoms with Gasteiger partial charge in [0.25, 0.3) is 0 Å². The third-order valence-electron chi connectivity index (χ3n) is 5.27. The Hall–Kier alpha value is -2.59. The van der Waals surface area contributed by atoms with E-state index in [9.17, 15) is 4.79 Å². The molecule has 1 saturated carbocycles. The number of Topliss-reactive ketones (excluding diaryl/α,β-unsaturated/α-hetero) is 1. The second kappa shape index (κ2) is 6.96. The Morgan fingerprint density at radius 1 is 1.19 bits per heavy atom. The first-order valence-electron chi connectivity index (χ1n) is 9.16. The molecule has 1 aliphatic rings. The smallest absolute Gasteiger partial charge is 0.181 e. The summed E-state index contributed by atoms with van der Waals surface area (Å²) in [5.41, 5.74) is 3.00. The van der Waals surface area contributed by atoms with Gasteiger partial charge in [-0.25, -0.2) is 0 Å². The fraction of sp³-hybridized carbons (Fsp3) is 0.318. The number of H-pyrrole nitrogens is 1. The fourth-order valence-corrected chi connectivity index (χ4v) is 3.58. The lowest BCUT2D eigenvalue weighted by Gasteiger charge is -2.28. The zero-order chi connectivity index (χ0) is 18.1. The largest absolute Gasteiger partial charge is 0.497 e. The standard InChI is InChI=1S/C22H24N2O2/c1-15(22(25)20-13-23-21-6-4-3-5-19(20)21)24(17-9-10-17)14-16-7-11-18(26-2)12-8-16/h3-8,11-13,15,17,23H,9-10,14H2,1-2H3/t15-/m0/s1. The number of nitrogens with zero attached hydrogens (tertiary/aromatic N) is 1. The lowest BCUT2D eigenvalue weighted by atomic mass is 10.0. The highest BCUT2D eigenvalue weighted by Gasteiger charge is 2.35. The summed E-state index contributed by atoms with van der Waals surface area (Å²) in [5.74, 6) is 1.04. The number of aromatic nitrogens is 1. The molecule has 1 heterocycles. The number of ether oxygens (including phenoxy) is 1. The highest BCUT2D eigenvalue weighted by atomic mass is 16.5. The van der Waals surface area contributed by atoms with Gasteiger partial charge in [0.15, 0.2) is 5.78 Å². The zero-order valence-corrected chi connectivity index (χ0v) is 15.2. The van der Waals surface area contributed by atoms with E-state index in [4.69, 9.17) is 4.74 Å². The molecule has 0 amide bonds. The van der Waals surface area contributed by atoms with Crippen LogP contribution in [-0.2, 0) is 6.54 Å². The maximum absolute atomic E-state index is 13.2. The number of nitrogens with one attached hydrogen (secondary N) is 1. The molecule has 0 radical (unpaired) electrons. The summed E-state index contributed by atoms with van der Waals surface area (Å²) in [6.07, 6.45) is 4.19. The molecule has 26 heavy (non-hydrogen) atoms. The summed E-state index contributed by atoms with van der Waals surface area (Å²) in [4.78, 5) is 18.8. The van der Waals surface area contributed by atoms with Crippen LogP contribution in [0.3, 0.4) is 0 Å². The van der Waals surface area contributed by atoms with Crippen LogP contribution in [0, 0.1) is 0 Å². The first-order chi connectivity index (χ1) is 12.7. The lowest BCUT2D eigenvalue weighted by molar-refractivity contribution is 0.0816. The molecule has 0 spiro atoms. The average molecular weight is 348 g/mol. The minimum atomic E-state index is -0.149. The molecule has 0 aliphatic heterocycles. The molecule has 4 nitrogen and oxygen atoms in total. The van der Waals surface area contributed by atoms with Crippen molar-refractivity contribution in [3.8, 4) is 5.75 Å². The minimum absolute atomic E-state index is 0.149. The summed E-state index contributed by atoms with van der Waals surface area (Å²) in [6.45, 7) is 2.82. The van der Waals surface area contributed by atoms with E-state index in [1.807, 2.05) is 49.5 Å². The molecule has 2 aromatic carbocycles. The predicted molar refractivity (Wildman–Crippen MR) is 104 cm³/mol. The van der Waals surface area contributed by atoms with Gasteiger partial charge in [-0.05, 0) is 43.5 Å². The molecule has 1 aliphatic carbocycles. The lowest BCUT2D eigenvalue weighted by Crippen LogP contribution is -2.40. The van der Waals surface area contributed by atoms with Crippen molar-refractivity contribution in [2.75, 3.05) is 7.11 Å². The van der Waals surface area contributed by atoms with Crippen molar-refractivity contribution in [3.05, 3.63) is 65.9 Å². The van der Waals surface area contributed by atoms with Gasteiger partial charge < -0.3 is 9.72 Å². The topological polar surface area (TPSA) is 45.3 Å². The highest BCUT2D eigenvalue weighted by Crippen LogP contribution is 2.32. The summed E-state index contributed by atoms with van der Waals surface area (Å²) in [5, 5.41) is 1.00. The van der Waals surface area contributed by atoms with E-state index in [0.717, 1.165) is 28.8 Å². The fourth-order valence-electron chi connectivity index (χ4n) is 3.58. The second-order valence-corrected chi connectivity index (χ2v) is 7.04. The van der Waals surface area contributed by atoms with Gasteiger partial charge in [-0.15, -0.1) is 0 Å². The number of carbonyl (C=O) groups is 1. The zero-order valence-electron chi connectivity index (χ0n) is 15.2. The molecule has 0 bridgehead atoms. The Bertz CT molecular complexity index is 909. The molecule has 0 saturated heterocycles. The van der Waals surface area contributed by atoms with Crippen LogP contribution in [0.1, 0.15) is 35.7 Å². The minimum Gasteiger partial charge on any atom is -0.497 e. The Morgan fingerprint density at radius 3 is 2.62 bits per heavy atom. The van der Waals surface area contributed by atoms with E-state index in [2.05, 4.69) is 22.0 Å². The number of aromatic amines is 1. The van der Waals surface area contributed by atoms with E-state index in [-0.39, 0.29) is 11.8 Å². The van der Waals surface area contributed by atoms with Crippen molar-refractivity contribution in [2.45, 2.75) is 38.4 Å². The van der Waals surface area contributed by atoms with Gasteiger partial charge in [-0.3, -0.25) is 9.69 Å². The van der Waals surface area contributed by atoms with Crippen molar-refractivity contribution < 1.29 is 9.53 Å². The molecule has 1 N–H and O–H groups in total. The molecule has 4 rings (SSSR count). The SMILES string of the molecule is COc1ccc(CN(C2CC2)[C@@H](C)C(=O)c2c[nH]c3ccccc23)cc1. The summed E-state index contributed by atoms with van der Waals surface area (Å²) in [6, 6.07) is 16.5. The van der Waals surface area contributed by atoms with Crippen molar-refractivity contribution in [2.24, 2.45) is 0 Å². The van der Waals surface area contributed by atoms with E-state index in [1.165, 1.54) is 18.4 Å². The molecule has 3 aromatic rings. The number of carbonyl (C=O) groups excluding carboxylic acids is 1. The molecule has 134 valence electrons. The molecule has 0 unspecified atom stereocenters. The van der Waals surface area contributed by atoms with Crippen LogP contribution in [0.2, 0.25) is 0 Å². The van der Waals surface area contributed by atoms with Crippen molar-refractivity contribution in [1.82, 2.24) is 9.88 Å². The first kappa shape index (κ1) is 16.9. The number of hydrogen-bond acceptors (Lipinski definition) is 3.